The van der Waals surface area contributed by atoms with Crippen molar-refractivity contribution >= 4 is 19.5 Å². The Kier molecular flexibility index (Phi) is 5.42. The Morgan fingerprint density at radius 1 is 1.39 bits per heavy atom. The monoisotopic (exact) mass is 349 g/mol. The second kappa shape index (κ2) is 7.13. The maximum absolute atomic E-state index is 11.7. The molecule has 2 rings (SSSR count). The highest BCUT2D eigenvalue weighted by molar-refractivity contribution is 7.46. The minimum absolute atomic E-state index is 0.0941. The van der Waals surface area contributed by atoms with E-state index in [-0.39, 0.29) is 24.5 Å². The summed E-state index contributed by atoms with van der Waals surface area (Å²) in [6.07, 6.45) is -2.30. The van der Waals surface area contributed by atoms with Gasteiger partial charge in [-0.25, -0.2) is 9.36 Å². The summed E-state index contributed by atoms with van der Waals surface area (Å²) >= 11 is 0. The Labute approximate surface area is 129 Å². The van der Waals surface area contributed by atoms with Gasteiger partial charge in [0.15, 0.2) is 12.6 Å². The molecule has 1 aromatic carbocycles. The van der Waals surface area contributed by atoms with Crippen LogP contribution in [-0.2, 0) is 23.3 Å². The number of nitrogens with zero attached hydrogens (tertiary/aromatic N) is 1. The standard InChI is InChI=1S/C11H12NO10P/c13-11(7-1-3-8(4-2-7)12(14)15)20-5-9-19-6-10(21-9)22-23(16,17)18/h1-4,9-10H,5-6H2,(H2,16,17,18)/t9-,10+/m1/s1. The normalized spacial score (nSPS) is 21.1. The van der Waals surface area contributed by atoms with Gasteiger partial charge in [0.05, 0.1) is 10.5 Å². The van der Waals surface area contributed by atoms with E-state index in [1.165, 1.54) is 12.1 Å². The van der Waals surface area contributed by atoms with Crippen LogP contribution in [0.2, 0.25) is 0 Å². The molecular formula is C11H12NO10P. The second-order valence-electron chi connectivity index (χ2n) is 4.33. The maximum Gasteiger partial charge on any atom is 0.472 e. The third kappa shape index (κ3) is 5.36. The van der Waals surface area contributed by atoms with Crippen molar-refractivity contribution in [1.29, 1.82) is 0 Å². The van der Waals surface area contributed by atoms with Crippen molar-refractivity contribution in [3.63, 3.8) is 0 Å². The van der Waals surface area contributed by atoms with Crippen molar-refractivity contribution in [3.05, 3.63) is 39.9 Å². The number of carbonyl (C=O) groups excluding carboxylic acids is 1. The fourth-order valence-corrected chi connectivity index (χ4v) is 2.09. The van der Waals surface area contributed by atoms with Gasteiger partial charge in [-0.3, -0.25) is 14.6 Å². The summed E-state index contributed by atoms with van der Waals surface area (Å²) in [7, 11) is -4.71. The lowest BCUT2D eigenvalue weighted by Crippen LogP contribution is -2.21. The van der Waals surface area contributed by atoms with Gasteiger partial charge in [-0.15, -0.1) is 0 Å². The molecule has 0 radical (unpaired) electrons. The SMILES string of the molecule is O=C(OC[C@@H]1OC[C@H](OP(=O)(O)O)O1)c1ccc([N+](=O)[O-])cc1. The maximum atomic E-state index is 11.7. The van der Waals surface area contributed by atoms with E-state index in [9.17, 15) is 19.5 Å². The smallest absolute Gasteiger partial charge is 0.457 e. The lowest BCUT2D eigenvalue weighted by atomic mass is 10.2. The third-order valence-corrected chi connectivity index (χ3v) is 3.15. The van der Waals surface area contributed by atoms with E-state index < -0.39 is 31.3 Å². The molecule has 126 valence electrons. The van der Waals surface area contributed by atoms with E-state index in [2.05, 4.69) is 4.52 Å². The fourth-order valence-electron chi connectivity index (χ4n) is 1.68. The largest absolute Gasteiger partial charge is 0.472 e. The van der Waals surface area contributed by atoms with Crippen molar-refractivity contribution in [2.45, 2.75) is 12.6 Å². The van der Waals surface area contributed by atoms with Crippen molar-refractivity contribution < 1.29 is 42.8 Å². The molecule has 0 amide bonds. The van der Waals surface area contributed by atoms with Crippen LogP contribution in [0.1, 0.15) is 10.4 Å². The number of phosphoric acid groups is 1. The second-order valence-corrected chi connectivity index (χ2v) is 5.52. The van der Waals surface area contributed by atoms with Gasteiger partial charge in [0.2, 0.25) is 0 Å². The van der Waals surface area contributed by atoms with E-state index in [1.54, 1.807) is 0 Å². The van der Waals surface area contributed by atoms with Crippen LogP contribution in [0.4, 0.5) is 5.69 Å². The first kappa shape index (κ1) is 17.5. The molecule has 1 saturated heterocycles. The Balaban J connectivity index is 1.81. The van der Waals surface area contributed by atoms with Gasteiger partial charge in [-0.2, -0.15) is 0 Å². The first-order chi connectivity index (χ1) is 10.7. The molecule has 1 aliphatic rings. The third-order valence-electron chi connectivity index (χ3n) is 2.64. The van der Waals surface area contributed by atoms with E-state index in [0.717, 1.165) is 12.1 Å². The number of hydrogen-bond acceptors (Lipinski definition) is 8. The summed E-state index contributed by atoms with van der Waals surface area (Å²) in [6.45, 7) is -0.568. The highest BCUT2D eigenvalue weighted by Crippen LogP contribution is 2.39. The van der Waals surface area contributed by atoms with E-state index in [4.69, 9.17) is 24.0 Å². The number of rotatable bonds is 6. The summed E-state index contributed by atoms with van der Waals surface area (Å²) in [5.74, 6) is -0.758. The van der Waals surface area contributed by atoms with Gasteiger partial charge in [0, 0.05) is 12.1 Å². The number of benzene rings is 1. The quantitative estimate of drug-likeness (QED) is 0.322. The zero-order valence-electron chi connectivity index (χ0n) is 11.4. The number of carbonyl (C=O) groups is 1. The van der Waals surface area contributed by atoms with Crippen LogP contribution in [0.5, 0.6) is 0 Å². The number of phosphoric ester groups is 1. The van der Waals surface area contributed by atoms with E-state index >= 15 is 0 Å². The van der Waals surface area contributed by atoms with Gasteiger partial charge in [-0.05, 0) is 12.1 Å². The number of ether oxygens (including phenoxy) is 3. The molecule has 0 unspecified atom stereocenters. The molecule has 12 heteroatoms. The zero-order valence-corrected chi connectivity index (χ0v) is 12.3. The van der Waals surface area contributed by atoms with Crippen molar-refractivity contribution in [1.82, 2.24) is 0 Å². The minimum atomic E-state index is -4.71. The van der Waals surface area contributed by atoms with Gasteiger partial charge >= 0.3 is 13.8 Å². The molecule has 0 saturated carbocycles. The average Bonchev–Trinajstić information content (AvgIpc) is 2.90. The highest BCUT2D eigenvalue weighted by Gasteiger charge is 2.33. The number of non-ortho nitro benzene ring substituents is 1. The molecular weight excluding hydrogens is 337 g/mol. The van der Waals surface area contributed by atoms with Crippen LogP contribution in [0.3, 0.4) is 0 Å². The lowest BCUT2D eigenvalue weighted by molar-refractivity contribution is -0.384. The molecule has 0 aliphatic carbocycles. The number of esters is 1. The van der Waals surface area contributed by atoms with E-state index in [0.29, 0.717) is 0 Å². The summed E-state index contributed by atoms with van der Waals surface area (Å²) < 4.78 is 29.7. The van der Waals surface area contributed by atoms with Crippen molar-refractivity contribution in [3.8, 4) is 0 Å². The van der Waals surface area contributed by atoms with Gasteiger partial charge in [0.25, 0.3) is 5.69 Å². The molecule has 11 nitrogen and oxygen atoms in total. The Morgan fingerprint density at radius 2 is 2.04 bits per heavy atom. The molecule has 1 heterocycles. The summed E-state index contributed by atoms with van der Waals surface area (Å²) in [4.78, 5) is 38.9. The predicted octanol–water partition coefficient (Wildman–Crippen LogP) is 0.560. The van der Waals surface area contributed by atoms with Crippen molar-refractivity contribution in [2.75, 3.05) is 13.2 Å². The first-order valence-electron chi connectivity index (χ1n) is 6.17. The van der Waals surface area contributed by atoms with Crippen LogP contribution in [0, 0.1) is 10.1 Å². The van der Waals surface area contributed by atoms with E-state index in [1.807, 2.05) is 0 Å². The molecule has 1 aliphatic heterocycles. The fraction of sp³-hybridized carbons (Fsp3) is 0.364. The zero-order chi connectivity index (χ0) is 17.0. The molecule has 0 aromatic heterocycles. The molecule has 0 bridgehead atoms. The van der Waals surface area contributed by atoms with Gasteiger partial charge < -0.3 is 24.0 Å². The lowest BCUT2D eigenvalue weighted by Gasteiger charge is -2.12. The topological polar surface area (TPSA) is 155 Å². The number of hydrogen-bond donors (Lipinski definition) is 2. The molecule has 0 spiro atoms. The Morgan fingerprint density at radius 3 is 2.61 bits per heavy atom. The van der Waals surface area contributed by atoms with Gasteiger partial charge in [-0.1, -0.05) is 0 Å². The van der Waals surface area contributed by atoms with Crippen LogP contribution >= 0.6 is 7.82 Å². The number of nitro benzene ring substituents is 1. The molecule has 2 atom stereocenters. The minimum Gasteiger partial charge on any atom is -0.457 e. The van der Waals surface area contributed by atoms with Crippen molar-refractivity contribution in [2.24, 2.45) is 0 Å². The van der Waals surface area contributed by atoms with Crippen LogP contribution < -0.4 is 0 Å². The van der Waals surface area contributed by atoms with Crippen LogP contribution in [0.25, 0.3) is 0 Å². The average molecular weight is 349 g/mol. The molecule has 2 N–H and O–H groups in total. The molecule has 23 heavy (non-hydrogen) atoms. The summed E-state index contributed by atoms with van der Waals surface area (Å²) in [5.41, 5.74) is -0.0712. The van der Waals surface area contributed by atoms with Gasteiger partial charge in [0.1, 0.15) is 13.2 Å². The summed E-state index contributed by atoms with van der Waals surface area (Å²) in [6, 6.07) is 4.78. The predicted molar refractivity (Wildman–Crippen MR) is 71.1 cm³/mol. The Bertz CT molecular complexity index is 626. The first-order valence-corrected chi connectivity index (χ1v) is 7.70. The van der Waals surface area contributed by atoms with Crippen LogP contribution in [-0.4, -0.2) is 46.5 Å². The molecule has 1 fully saturated rings. The number of nitro groups is 1. The molecule has 1 aromatic rings. The Hall–Kier alpha value is -1.88. The van der Waals surface area contributed by atoms with Crippen LogP contribution in [0.15, 0.2) is 24.3 Å². The highest BCUT2D eigenvalue weighted by atomic mass is 31.2. The summed E-state index contributed by atoms with van der Waals surface area (Å²) in [5, 5.41) is 10.5.